The lowest BCUT2D eigenvalue weighted by atomic mass is 10.2. The molecular weight excluding hydrogens is 322 g/mol. The van der Waals surface area contributed by atoms with E-state index < -0.39 is 0 Å². The molecule has 4 heterocycles. The van der Waals surface area contributed by atoms with Crippen LogP contribution in [0, 0.1) is 5.21 Å². The number of hydrogen-bond donors (Lipinski definition) is 2. The summed E-state index contributed by atoms with van der Waals surface area (Å²) >= 11 is 1.66. The first-order chi connectivity index (χ1) is 11.7. The Morgan fingerprint density at radius 2 is 2.46 bits per heavy atom. The number of nitrogens with one attached hydrogen (secondary N) is 2. The lowest BCUT2D eigenvalue weighted by Gasteiger charge is -2.43. The number of aliphatic imine (C=N–C) groups is 1. The molecule has 4 rings (SSSR count). The van der Waals surface area contributed by atoms with E-state index in [1.165, 1.54) is 0 Å². The van der Waals surface area contributed by atoms with E-state index in [1.54, 1.807) is 11.3 Å². The molecule has 0 bridgehead atoms. The third-order valence-corrected chi connectivity index (χ3v) is 5.79. The quantitative estimate of drug-likeness (QED) is 0.644. The van der Waals surface area contributed by atoms with Gasteiger partial charge in [-0.2, -0.15) is 11.3 Å². The molecule has 0 radical (unpaired) electrons. The van der Waals surface area contributed by atoms with E-state index in [-0.39, 0.29) is 10.9 Å². The van der Waals surface area contributed by atoms with Gasteiger partial charge in [-0.05, 0) is 36.2 Å². The van der Waals surface area contributed by atoms with Crippen molar-refractivity contribution in [1.82, 2.24) is 15.5 Å². The maximum Gasteiger partial charge on any atom is 0.175 e. The summed E-state index contributed by atoms with van der Waals surface area (Å²) in [5, 5.41) is 24.4. The van der Waals surface area contributed by atoms with Crippen LogP contribution in [-0.2, 0) is 6.54 Å². The fourth-order valence-corrected chi connectivity index (χ4v) is 4.72. The predicted molar refractivity (Wildman–Crippen MR) is 97.2 cm³/mol. The lowest BCUT2D eigenvalue weighted by molar-refractivity contribution is -0.889. The number of hydroxylamine groups is 3. The molecule has 24 heavy (non-hydrogen) atoms. The summed E-state index contributed by atoms with van der Waals surface area (Å²) in [6.45, 7) is 5.65. The summed E-state index contributed by atoms with van der Waals surface area (Å²) in [5.74, 6) is 1.03. The molecule has 7 heteroatoms. The number of hydrogen-bond acceptors (Lipinski definition) is 6. The Labute approximate surface area is 147 Å². The third-order valence-electron chi connectivity index (χ3n) is 5.05. The zero-order valence-corrected chi connectivity index (χ0v) is 14.9. The van der Waals surface area contributed by atoms with Crippen LogP contribution in [0.15, 0.2) is 33.6 Å². The third kappa shape index (κ3) is 3.09. The molecule has 2 saturated heterocycles. The number of rotatable bonds is 4. The van der Waals surface area contributed by atoms with Crippen LogP contribution in [0.2, 0.25) is 0 Å². The molecule has 0 spiro atoms. The number of thiophene rings is 1. The second kappa shape index (κ2) is 6.48. The fraction of sp³-hybridized carbons (Fsp3) is 0.588. The zero-order valence-electron chi connectivity index (χ0n) is 14.1. The van der Waals surface area contributed by atoms with Crippen molar-refractivity contribution in [3.8, 4) is 0 Å². The smallest absolute Gasteiger partial charge is 0.175 e. The Balaban J connectivity index is 1.63. The first-order valence-electron chi connectivity index (χ1n) is 8.78. The molecule has 0 saturated carbocycles. The topological polar surface area (TPSA) is 62.7 Å². The van der Waals surface area contributed by atoms with Crippen molar-refractivity contribution in [3.05, 3.63) is 39.4 Å². The number of nitrogens with zero attached hydrogens (tertiary/aromatic N) is 3. The van der Waals surface area contributed by atoms with Crippen molar-refractivity contribution < 1.29 is 4.65 Å². The molecule has 3 aliphatic heterocycles. The molecule has 130 valence electrons. The van der Waals surface area contributed by atoms with Crippen LogP contribution >= 0.6 is 11.3 Å². The monoisotopic (exact) mass is 347 g/mol. The van der Waals surface area contributed by atoms with Crippen LogP contribution in [0.4, 0.5) is 0 Å². The van der Waals surface area contributed by atoms with Crippen LogP contribution < -0.4 is 10.6 Å². The fourth-order valence-electron chi connectivity index (χ4n) is 4.06. The van der Waals surface area contributed by atoms with Crippen LogP contribution in [0.1, 0.15) is 25.3 Å². The van der Waals surface area contributed by atoms with Crippen molar-refractivity contribution in [3.63, 3.8) is 0 Å². The minimum absolute atomic E-state index is 0.0847. The van der Waals surface area contributed by atoms with Crippen LogP contribution in [-0.4, -0.2) is 53.9 Å². The van der Waals surface area contributed by atoms with Gasteiger partial charge < -0.3 is 20.1 Å². The Morgan fingerprint density at radius 1 is 1.54 bits per heavy atom. The molecule has 1 aromatic rings. The summed E-state index contributed by atoms with van der Waals surface area (Å²) in [6, 6.07) is 2.38. The van der Waals surface area contributed by atoms with E-state index in [2.05, 4.69) is 39.3 Å². The SMILES string of the molecule is CCN[C@@H]1N=C2C(=CN1)C[N+]([O-])(Cc1ccsc1)CC1CCCN21. The van der Waals surface area contributed by atoms with Gasteiger partial charge in [-0.3, -0.25) is 5.32 Å². The van der Waals surface area contributed by atoms with Gasteiger partial charge >= 0.3 is 0 Å². The Bertz CT molecular complexity index is 643. The van der Waals surface area contributed by atoms with Crippen LogP contribution in [0.5, 0.6) is 0 Å². The Kier molecular flexibility index (Phi) is 4.34. The van der Waals surface area contributed by atoms with E-state index in [1.807, 2.05) is 6.20 Å². The van der Waals surface area contributed by atoms with Gasteiger partial charge in [0.05, 0.1) is 18.2 Å². The maximum atomic E-state index is 13.6. The molecule has 3 atom stereocenters. The molecule has 2 N–H and O–H groups in total. The highest BCUT2D eigenvalue weighted by molar-refractivity contribution is 7.07. The van der Waals surface area contributed by atoms with E-state index in [0.29, 0.717) is 25.7 Å². The Hall–Kier alpha value is -1.41. The summed E-state index contributed by atoms with van der Waals surface area (Å²) in [4.78, 5) is 7.24. The largest absolute Gasteiger partial charge is 0.632 e. The molecule has 0 aromatic carbocycles. The highest BCUT2D eigenvalue weighted by atomic mass is 32.1. The van der Waals surface area contributed by atoms with Crippen molar-refractivity contribution in [1.29, 1.82) is 0 Å². The number of amidine groups is 1. The van der Waals surface area contributed by atoms with Crippen LogP contribution in [0.3, 0.4) is 0 Å². The zero-order chi connectivity index (χ0) is 16.6. The molecule has 0 amide bonds. The van der Waals surface area contributed by atoms with Gasteiger partial charge in [0, 0.05) is 18.3 Å². The first kappa shape index (κ1) is 16.1. The van der Waals surface area contributed by atoms with Crippen molar-refractivity contribution in [2.24, 2.45) is 4.99 Å². The summed E-state index contributed by atoms with van der Waals surface area (Å²) in [7, 11) is 0. The van der Waals surface area contributed by atoms with E-state index in [9.17, 15) is 5.21 Å². The number of quaternary nitrogens is 1. The van der Waals surface area contributed by atoms with Gasteiger partial charge in [-0.15, -0.1) is 0 Å². The van der Waals surface area contributed by atoms with Gasteiger partial charge in [-0.25, -0.2) is 4.99 Å². The normalized spacial score (nSPS) is 32.3. The van der Waals surface area contributed by atoms with Crippen molar-refractivity contribution in [2.75, 3.05) is 26.2 Å². The highest BCUT2D eigenvalue weighted by Gasteiger charge is 2.40. The van der Waals surface area contributed by atoms with Crippen LogP contribution in [0.25, 0.3) is 0 Å². The van der Waals surface area contributed by atoms with Gasteiger partial charge in [0.15, 0.2) is 6.29 Å². The molecular formula is C17H25N5OS. The molecule has 3 aliphatic rings. The van der Waals surface area contributed by atoms with E-state index in [0.717, 1.165) is 42.9 Å². The molecule has 6 nitrogen and oxygen atoms in total. The standard InChI is InChI=1S/C17H25N5OS/c1-2-18-17-19-8-14-10-22(23,9-13-5-7-24-12-13)11-15-4-3-6-21(15)16(14)20-17/h5,7-8,12,15,17-19H,2-4,6,9-11H2,1H3/t15?,17-,22?/m0/s1. The average Bonchev–Trinajstić information content (AvgIpc) is 3.19. The molecule has 2 unspecified atom stereocenters. The summed E-state index contributed by atoms with van der Waals surface area (Å²) in [5.41, 5.74) is 2.20. The Morgan fingerprint density at radius 3 is 3.25 bits per heavy atom. The van der Waals surface area contributed by atoms with Gasteiger partial charge in [0.2, 0.25) is 0 Å². The molecule has 2 fully saturated rings. The van der Waals surface area contributed by atoms with Crippen molar-refractivity contribution >= 4 is 17.2 Å². The maximum absolute atomic E-state index is 13.6. The molecule has 1 aromatic heterocycles. The highest BCUT2D eigenvalue weighted by Crippen LogP contribution is 2.31. The lowest BCUT2D eigenvalue weighted by Crippen LogP contribution is -2.47. The van der Waals surface area contributed by atoms with E-state index in [4.69, 9.17) is 4.99 Å². The minimum atomic E-state index is -0.184. The van der Waals surface area contributed by atoms with Gasteiger partial charge in [0.1, 0.15) is 18.9 Å². The minimum Gasteiger partial charge on any atom is -0.632 e. The molecule has 0 aliphatic carbocycles. The van der Waals surface area contributed by atoms with Crippen molar-refractivity contribution in [2.45, 2.75) is 38.6 Å². The predicted octanol–water partition coefficient (Wildman–Crippen LogP) is 1.82. The van der Waals surface area contributed by atoms with E-state index >= 15 is 0 Å². The summed E-state index contributed by atoms with van der Waals surface area (Å²) in [6.07, 6.45) is 4.17. The average molecular weight is 347 g/mol. The summed E-state index contributed by atoms with van der Waals surface area (Å²) < 4.78 is -0.184. The first-order valence-corrected chi connectivity index (χ1v) is 9.72. The second-order valence-corrected chi connectivity index (χ2v) is 7.71. The second-order valence-electron chi connectivity index (χ2n) is 6.93. The van der Waals surface area contributed by atoms with Gasteiger partial charge in [-0.1, -0.05) is 6.92 Å². The van der Waals surface area contributed by atoms with Gasteiger partial charge in [0.25, 0.3) is 0 Å². The number of fused-ring (bicyclic) bond motifs is 3.